The molecule has 3 atom stereocenters. The van der Waals surface area contributed by atoms with E-state index in [9.17, 15) is 9.59 Å². The molecular formula is C29H31N7O4. The number of amides is 2. The minimum absolute atomic E-state index is 0.0269. The topological polar surface area (TPSA) is 124 Å². The highest BCUT2D eigenvalue weighted by molar-refractivity contribution is 6.00. The smallest absolute Gasteiger partial charge is 0.411 e. The first-order valence-corrected chi connectivity index (χ1v) is 13.2. The van der Waals surface area contributed by atoms with Gasteiger partial charge in [-0.2, -0.15) is 5.10 Å². The van der Waals surface area contributed by atoms with E-state index in [1.54, 1.807) is 15.6 Å². The Morgan fingerprint density at radius 2 is 1.85 bits per heavy atom. The molecule has 1 saturated carbocycles. The predicted molar refractivity (Wildman–Crippen MR) is 149 cm³/mol. The zero-order valence-corrected chi connectivity index (χ0v) is 23.1. The van der Waals surface area contributed by atoms with Gasteiger partial charge in [0, 0.05) is 36.5 Å². The minimum Gasteiger partial charge on any atom is -0.493 e. The number of fused-ring (bicyclic) bond motifs is 2. The van der Waals surface area contributed by atoms with Crippen molar-refractivity contribution in [2.75, 3.05) is 12.4 Å². The van der Waals surface area contributed by atoms with Crippen LogP contribution in [0.4, 0.5) is 10.6 Å². The molecule has 6 rings (SSSR count). The lowest BCUT2D eigenvalue weighted by atomic mass is 10.0. The van der Waals surface area contributed by atoms with Crippen molar-refractivity contribution in [3.63, 3.8) is 0 Å². The summed E-state index contributed by atoms with van der Waals surface area (Å²) in [6.07, 6.45) is 4.35. The number of piperidine rings is 1. The van der Waals surface area contributed by atoms with Crippen molar-refractivity contribution in [1.29, 1.82) is 0 Å². The fraction of sp³-hybridized carbons (Fsp3) is 0.379. The summed E-state index contributed by atoms with van der Waals surface area (Å²) in [5, 5.41) is 7.58. The van der Waals surface area contributed by atoms with Gasteiger partial charge in [0.15, 0.2) is 11.6 Å². The molecule has 0 spiro atoms. The van der Waals surface area contributed by atoms with Crippen LogP contribution in [0.2, 0.25) is 0 Å². The van der Waals surface area contributed by atoms with Crippen LogP contribution in [0.15, 0.2) is 48.9 Å². The molecule has 4 aromatic rings. The second-order valence-corrected chi connectivity index (χ2v) is 11.3. The van der Waals surface area contributed by atoms with Crippen LogP contribution in [0.3, 0.4) is 0 Å². The number of carbonyl (C=O) groups excluding carboxylic acids is 2. The first kappa shape index (κ1) is 25.7. The fourth-order valence-corrected chi connectivity index (χ4v) is 5.35. The number of aryl methyl sites for hydroxylation is 1. The number of aromatic nitrogens is 5. The highest BCUT2D eigenvalue weighted by Gasteiger charge is 2.57. The van der Waals surface area contributed by atoms with Crippen LogP contribution < -0.4 is 10.1 Å². The maximum atomic E-state index is 13.6. The molecule has 4 heterocycles. The number of hydrogen-bond acceptors (Lipinski definition) is 8. The molecule has 2 fully saturated rings. The molecule has 1 aliphatic carbocycles. The Morgan fingerprint density at radius 3 is 2.58 bits per heavy atom. The zero-order valence-electron chi connectivity index (χ0n) is 23.1. The number of hydrogen-bond donors (Lipinski definition) is 1. The average molecular weight is 542 g/mol. The Morgan fingerprint density at radius 1 is 1.07 bits per heavy atom. The van der Waals surface area contributed by atoms with Gasteiger partial charge in [-0.3, -0.25) is 14.4 Å². The van der Waals surface area contributed by atoms with E-state index in [1.807, 2.05) is 64.3 Å². The molecule has 11 heteroatoms. The fourth-order valence-electron chi connectivity index (χ4n) is 5.35. The number of pyridine rings is 1. The molecule has 1 N–H and O–H groups in total. The monoisotopic (exact) mass is 541 g/mol. The van der Waals surface area contributed by atoms with E-state index in [1.165, 1.54) is 13.4 Å². The largest absolute Gasteiger partial charge is 0.493 e. The van der Waals surface area contributed by atoms with Crippen molar-refractivity contribution in [3.05, 3.63) is 48.9 Å². The quantitative estimate of drug-likeness (QED) is 0.393. The second-order valence-electron chi connectivity index (χ2n) is 11.3. The summed E-state index contributed by atoms with van der Waals surface area (Å²) in [7, 11) is 3.36. The van der Waals surface area contributed by atoms with Crippen LogP contribution in [0.25, 0.3) is 33.5 Å². The van der Waals surface area contributed by atoms with Gasteiger partial charge in [0.2, 0.25) is 5.91 Å². The standard InChI is InChI=1S/C29H31N7O4/c1-29(2,3)40-28(38)36-20-11-17(20)12-21(36)27(37)33-26-22(39-5)13-19-25(32-26)24(31-15-30-19)18-14-35(4)34-23(18)16-9-7-6-8-10-16/h6-10,13-15,17,20-21H,11-12H2,1-5H3,(H,32,33,37)/t17-,20-,21-/m1/s1. The van der Waals surface area contributed by atoms with Crippen molar-refractivity contribution < 1.29 is 19.1 Å². The van der Waals surface area contributed by atoms with E-state index in [4.69, 9.17) is 14.5 Å². The maximum Gasteiger partial charge on any atom is 0.411 e. The van der Waals surface area contributed by atoms with Crippen LogP contribution in [0, 0.1) is 5.92 Å². The summed E-state index contributed by atoms with van der Waals surface area (Å²) >= 11 is 0. The number of benzene rings is 1. The second kappa shape index (κ2) is 9.58. The van der Waals surface area contributed by atoms with Gasteiger partial charge in [-0.05, 0) is 39.5 Å². The highest BCUT2D eigenvalue weighted by atomic mass is 16.6. The van der Waals surface area contributed by atoms with Crippen molar-refractivity contribution in [1.82, 2.24) is 29.6 Å². The number of carbonyl (C=O) groups is 2. The van der Waals surface area contributed by atoms with Crippen molar-refractivity contribution in [2.24, 2.45) is 13.0 Å². The van der Waals surface area contributed by atoms with Gasteiger partial charge < -0.3 is 14.8 Å². The van der Waals surface area contributed by atoms with E-state index < -0.39 is 17.7 Å². The summed E-state index contributed by atoms with van der Waals surface area (Å²) in [5.41, 5.74) is 3.44. The number of anilines is 1. The van der Waals surface area contributed by atoms with Crippen LogP contribution >= 0.6 is 0 Å². The lowest BCUT2D eigenvalue weighted by molar-refractivity contribution is -0.121. The normalized spacial score (nSPS) is 19.8. The first-order valence-electron chi connectivity index (χ1n) is 13.2. The van der Waals surface area contributed by atoms with Gasteiger partial charge in [0.05, 0.1) is 12.6 Å². The van der Waals surface area contributed by atoms with Gasteiger partial charge in [0.1, 0.15) is 34.9 Å². The van der Waals surface area contributed by atoms with Crippen LogP contribution in [0.1, 0.15) is 33.6 Å². The molecule has 1 saturated heterocycles. The molecule has 1 aromatic carbocycles. The Hall–Kier alpha value is -4.54. The molecule has 2 amide bonds. The summed E-state index contributed by atoms with van der Waals surface area (Å²) in [4.78, 5) is 41.9. The highest BCUT2D eigenvalue weighted by Crippen LogP contribution is 2.48. The number of nitrogens with zero attached hydrogens (tertiary/aromatic N) is 6. The van der Waals surface area contributed by atoms with Crippen molar-refractivity contribution in [2.45, 2.75) is 51.3 Å². The lowest BCUT2D eigenvalue weighted by Crippen LogP contribution is -2.47. The van der Waals surface area contributed by atoms with Gasteiger partial charge in [-0.25, -0.2) is 19.7 Å². The third kappa shape index (κ3) is 4.72. The van der Waals surface area contributed by atoms with E-state index in [0.29, 0.717) is 34.8 Å². The third-order valence-electron chi connectivity index (χ3n) is 7.18. The third-order valence-corrected chi connectivity index (χ3v) is 7.18. The molecule has 1 aliphatic heterocycles. The first-order chi connectivity index (χ1) is 19.1. The van der Waals surface area contributed by atoms with Crippen LogP contribution in [-0.2, 0) is 16.6 Å². The number of rotatable bonds is 5. The molecule has 0 bridgehead atoms. The summed E-state index contributed by atoms with van der Waals surface area (Å²) in [6.45, 7) is 5.44. The van der Waals surface area contributed by atoms with Gasteiger partial charge in [0.25, 0.3) is 0 Å². The van der Waals surface area contributed by atoms with E-state index in [0.717, 1.165) is 23.2 Å². The Labute approximate surface area is 231 Å². The lowest BCUT2D eigenvalue weighted by Gasteiger charge is -2.29. The minimum atomic E-state index is -0.657. The van der Waals surface area contributed by atoms with E-state index in [-0.39, 0.29) is 17.8 Å². The Balaban J connectivity index is 1.36. The van der Waals surface area contributed by atoms with Crippen LogP contribution in [0.5, 0.6) is 5.75 Å². The number of nitrogens with one attached hydrogen (secondary N) is 1. The molecular weight excluding hydrogens is 510 g/mol. The predicted octanol–water partition coefficient (Wildman–Crippen LogP) is 4.44. The van der Waals surface area contributed by atoms with Gasteiger partial charge in [-0.1, -0.05) is 30.3 Å². The summed E-state index contributed by atoms with van der Waals surface area (Å²) < 4.78 is 12.9. The van der Waals surface area contributed by atoms with Crippen LogP contribution in [-0.4, -0.2) is 66.4 Å². The molecule has 0 radical (unpaired) electrons. The van der Waals surface area contributed by atoms with Crippen molar-refractivity contribution in [3.8, 4) is 28.3 Å². The number of methoxy groups -OCH3 is 1. The SMILES string of the molecule is COc1cc2ncnc(-c3cn(C)nc3-c3ccccc3)c2nc1NC(=O)[C@H]1C[C@H]2C[C@H]2N1C(=O)OC(C)(C)C. The molecule has 206 valence electrons. The number of ether oxygens (including phenoxy) is 2. The maximum absolute atomic E-state index is 13.6. The molecule has 0 unspecified atom stereocenters. The average Bonchev–Trinajstić information content (AvgIpc) is 3.39. The van der Waals surface area contributed by atoms with Crippen molar-refractivity contribution >= 4 is 28.9 Å². The summed E-state index contributed by atoms with van der Waals surface area (Å²) in [5.74, 6) is 0.544. The summed E-state index contributed by atoms with van der Waals surface area (Å²) in [6, 6.07) is 10.9. The number of likely N-dealkylation sites (tertiary alicyclic amines) is 1. The zero-order chi connectivity index (χ0) is 28.2. The Kier molecular flexibility index (Phi) is 6.16. The van der Waals surface area contributed by atoms with E-state index in [2.05, 4.69) is 20.4 Å². The molecule has 11 nitrogen and oxygen atoms in total. The molecule has 2 aliphatic rings. The Bertz CT molecular complexity index is 1610. The van der Waals surface area contributed by atoms with E-state index >= 15 is 0 Å². The van der Waals surface area contributed by atoms with Gasteiger partial charge >= 0.3 is 6.09 Å². The van der Waals surface area contributed by atoms with Gasteiger partial charge in [-0.15, -0.1) is 0 Å². The molecule has 3 aromatic heterocycles. The molecule has 40 heavy (non-hydrogen) atoms.